The van der Waals surface area contributed by atoms with E-state index in [9.17, 15) is 9.90 Å². The molecule has 3 nitrogen and oxygen atoms in total. The number of phenols is 1. The van der Waals surface area contributed by atoms with Gasteiger partial charge in [0.1, 0.15) is 5.75 Å². The molecule has 2 rings (SSSR count). The molecular formula is C12H15NO2. The van der Waals surface area contributed by atoms with Gasteiger partial charge in [-0.3, -0.25) is 4.79 Å². The quantitative estimate of drug-likeness (QED) is 0.786. The average Bonchev–Trinajstić information content (AvgIpc) is 2.99. The van der Waals surface area contributed by atoms with Crippen molar-refractivity contribution < 1.29 is 9.90 Å². The molecule has 80 valence electrons. The second-order valence-corrected chi connectivity index (χ2v) is 4.21. The van der Waals surface area contributed by atoms with Crippen molar-refractivity contribution >= 4 is 5.91 Å². The fourth-order valence-electron chi connectivity index (χ4n) is 1.99. The third kappa shape index (κ3) is 2.49. The molecule has 1 fully saturated rings. The van der Waals surface area contributed by atoms with Crippen LogP contribution < -0.4 is 5.73 Å². The van der Waals surface area contributed by atoms with Crippen molar-refractivity contribution in [3.05, 3.63) is 29.8 Å². The highest BCUT2D eigenvalue weighted by atomic mass is 16.3. The zero-order valence-electron chi connectivity index (χ0n) is 8.52. The van der Waals surface area contributed by atoms with Crippen LogP contribution >= 0.6 is 0 Å². The van der Waals surface area contributed by atoms with Crippen molar-refractivity contribution in [2.45, 2.75) is 25.2 Å². The lowest BCUT2D eigenvalue weighted by Gasteiger charge is -2.14. The Labute approximate surface area is 88.9 Å². The van der Waals surface area contributed by atoms with Crippen LogP contribution in [0.1, 0.15) is 30.7 Å². The normalized spacial score (nSPS) is 17.3. The first-order chi connectivity index (χ1) is 7.16. The van der Waals surface area contributed by atoms with Crippen molar-refractivity contribution in [2.75, 3.05) is 0 Å². The van der Waals surface area contributed by atoms with Gasteiger partial charge >= 0.3 is 0 Å². The molecule has 0 aromatic heterocycles. The largest absolute Gasteiger partial charge is 0.508 e. The molecule has 1 aromatic rings. The van der Waals surface area contributed by atoms with Crippen molar-refractivity contribution in [1.29, 1.82) is 0 Å². The van der Waals surface area contributed by atoms with Gasteiger partial charge in [0, 0.05) is 6.42 Å². The van der Waals surface area contributed by atoms with Gasteiger partial charge in [0.15, 0.2) is 0 Å². The topological polar surface area (TPSA) is 63.3 Å². The molecule has 0 radical (unpaired) electrons. The summed E-state index contributed by atoms with van der Waals surface area (Å²) >= 11 is 0. The zero-order valence-corrected chi connectivity index (χ0v) is 8.52. The number of phenolic OH excluding ortho intramolecular Hbond substituents is 1. The van der Waals surface area contributed by atoms with Crippen LogP contribution in [0.15, 0.2) is 24.3 Å². The van der Waals surface area contributed by atoms with Crippen LogP contribution in [0.3, 0.4) is 0 Å². The standard InChI is InChI=1S/C12H15NO2/c13-12(15)7-11(8-1-2-8)9-3-5-10(14)6-4-9/h3-6,8,11,14H,1-2,7H2,(H2,13,15). The average molecular weight is 205 g/mol. The number of benzene rings is 1. The number of amides is 1. The molecule has 0 spiro atoms. The minimum absolute atomic E-state index is 0.239. The summed E-state index contributed by atoms with van der Waals surface area (Å²) < 4.78 is 0. The predicted octanol–water partition coefficient (Wildman–Crippen LogP) is 1.76. The van der Waals surface area contributed by atoms with E-state index in [1.807, 2.05) is 12.1 Å². The Morgan fingerprint density at radius 3 is 2.47 bits per heavy atom. The predicted molar refractivity (Wildman–Crippen MR) is 57.4 cm³/mol. The summed E-state index contributed by atoms with van der Waals surface area (Å²) in [7, 11) is 0. The molecule has 1 saturated carbocycles. The molecule has 0 saturated heterocycles. The van der Waals surface area contributed by atoms with Crippen molar-refractivity contribution in [1.82, 2.24) is 0 Å². The Hall–Kier alpha value is -1.51. The first-order valence-corrected chi connectivity index (χ1v) is 5.24. The number of rotatable bonds is 4. The Morgan fingerprint density at radius 2 is 2.00 bits per heavy atom. The van der Waals surface area contributed by atoms with Crippen LogP contribution in [0, 0.1) is 5.92 Å². The van der Waals surface area contributed by atoms with E-state index < -0.39 is 0 Å². The maximum atomic E-state index is 11.0. The minimum Gasteiger partial charge on any atom is -0.508 e. The summed E-state index contributed by atoms with van der Waals surface area (Å²) in [5.41, 5.74) is 6.34. The Bertz CT molecular complexity index is 354. The van der Waals surface area contributed by atoms with E-state index >= 15 is 0 Å². The summed E-state index contributed by atoms with van der Waals surface area (Å²) in [6.07, 6.45) is 2.77. The molecule has 1 aliphatic carbocycles. The first kappa shape index (κ1) is 10.0. The Morgan fingerprint density at radius 1 is 1.40 bits per heavy atom. The SMILES string of the molecule is NC(=O)CC(c1ccc(O)cc1)C1CC1. The Balaban J connectivity index is 2.16. The monoisotopic (exact) mass is 205 g/mol. The van der Waals surface area contributed by atoms with E-state index in [1.54, 1.807) is 12.1 Å². The fraction of sp³-hybridized carbons (Fsp3) is 0.417. The van der Waals surface area contributed by atoms with Gasteiger partial charge in [-0.05, 0) is 42.4 Å². The molecule has 1 unspecified atom stereocenters. The van der Waals surface area contributed by atoms with Crippen LogP contribution in [-0.2, 0) is 4.79 Å². The fourth-order valence-corrected chi connectivity index (χ4v) is 1.99. The van der Waals surface area contributed by atoms with Crippen molar-refractivity contribution in [3.63, 3.8) is 0 Å². The van der Waals surface area contributed by atoms with Crippen LogP contribution in [0.4, 0.5) is 0 Å². The van der Waals surface area contributed by atoms with E-state index in [4.69, 9.17) is 5.73 Å². The van der Waals surface area contributed by atoms with E-state index in [0.29, 0.717) is 12.3 Å². The molecular weight excluding hydrogens is 190 g/mol. The summed E-state index contributed by atoms with van der Waals surface area (Å²) in [6.45, 7) is 0. The third-order valence-electron chi connectivity index (χ3n) is 2.93. The highest BCUT2D eigenvalue weighted by molar-refractivity contribution is 5.74. The number of hydrogen-bond acceptors (Lipinski definition) is 2. The van der Waals surface area contributed by atoms with Gasteiger partial charge < -0.3 is 10.8 Å². The summed E-state index contributed by atoms with van der Waals surface area (Å²) in [5, 5.41) is 9.18. The number of hydrogen-bond donors (Lipinski definition) is 2. The van der Waals surface area contributed by atoms with E-state index in [2.05, 4.69) is 0 Å². The maximum absolute atomic E-state index is 11.0. The minimum atomic E-state index is -0.250. The van der Waals surface area contributed by atoms with E-state index in [0.717, 1.165) is 5.56 Å². The van der Waals surface area contributed by atoms with Crippen LogP contribution in [0.25, 0.3) is 0 Å². The molecule has 0 bridgehead atoms. The van der Waals surface area contributed by atoms with Gasteiger partial charge in [-0.1, -0.05) is 12.1 Å². The van der Waals surface area contributed by atoms with E-state index in [1.165, 1.54) is 12.8 Å². The van der Waals surface area contributed by atoms with Crippen molar-refractivity contribution in [3.8, 4) is 5.75 Å². The van der Waals surface area contributed by atoms with Gasteiger partial charge in [0.25, 0.3) is 0 Å². The smallest absolute Gasteiger partial charge is 0.218 e. The van der Waals surface area contributed by atoms with Gasteiger partial charge in [-0.25, -0.2) is 0 Å². The second-order valence-electron chi connectivity index (χ2n) is 4.21. The van der Waals surface area contributed by atoms with Crippen LogP contribution in [0.2, 0.25) is 0 Å². The van der Waals surface area contributed by atoms with E-state index in [-0.39, 0.29) is 17.6 Å². The lowest BCUT2D eigenvalue weighted by molar-refractivity contribution is -0.118. The van der Waals surface area contributed by atoms with Crippen LogP contribution in [0.5, 0.6) is 5.75 Å². The third-order valence-corrected chi connectivity index (χ3v) is 2.93. The molecule has 0 heterocycles. The second kappa shape index (κ2) is 3.93. The Kier molecular flexibility index (Phi) is 2.62. The lowest BCUT2D eigenvalue weighted by Crippen LogP contribution is -2.16. The van der Waals surface area contributed by atoms with Gasteiger partial charge in [-0.15, -0.1) is 0 Å². The summed E-state index contributed by atoms with van der Waals surface area (Å²) in [5.74, 6) is 0.845. The molecule has 1 aromatic carbocycles. The maximum Gasteiger partial charge on any atom is 0.218 e. The first-order valence-electron chi connectivity index (χ1n) is 5.24. The van der Waals surface area contributed by atoms with Crippen LogP contribution in [-0.4, -0.2) is 11.0 Å². The zero-order chi connectivity index (χ0) is 10.8. The highest BCUT2D eigenvalue weighted by Gasteiger charge is 2.33. The molecule has 1 aliphatic rings. The number of aromatic hydroxyl groups is 1. The highest BCUT2D eigenvalue weighted by Crippen LogP contribution is 2.44. The lowest BCUT2D eigenvalue weighted by atomic mass is 9.91. The van der Waals surface area contributed by atoms with Gasteiger partial charge in [0.05, 0.1) is 0 Å². The van der Waals surface area contributed by atoms with Gasteiger partial charge in [0.2, 0.25) is 5.91 Å². The molecule has 0 aliphatic heterocycles. The number of carbonyl (C=O) groups is 1. The number of primary amides is 1. The molecule has 3 heteroatoms. The molecule has 15 heavy (non-hydrogen) atoms. The summed E-state index contributed by atoms with van der Waals surface area (Å²) in [6, 6.07) is 7.07. The number of carbonyl (C=O) groups excluding carboxylic acids is 1. The molecule has 1 atom stereocenters. The molecule has 1 amide bonds. The molecule has 3 N–H and O–H groups in total. The van der Waals surface area contributed by atoms with Crippen molar-refractivity contribution in [2.24, 2.45) is 11.7 Å². The number of nitrogens with two attached hydrogens (primary N) is 1. The summed E-state index contributed by atoms with van der Waals surface area (Å²) in [4.78, 5) is 11.0. The van der Waals surface area contributed by atoms with Gasteiger partial charge in [-0.2, -0.15) is 0 Å².